The van der Waals surface area contributed by atoms with E-state index in [0.717, 1.165) is 0 Å². The molecule has 0 radical (unpaired) electrons. The summed E-state index contributed by atoms with van der Waals surface area (Å²) in [5, 5.41) is 0. The first-order chi connectivity index (χ1) is 5.66. The lowest BCUT2D eigenvalue weighted by molar-refractivity contribution is -0.921. The molecule has 0 heterocycles. The van der Waals surface area contributed by atoms with E-state index in [4.69, 9.17) is 0 Å². The smallest absolute Gasteiger partial charge is 0.124 e. The van der Waals surface area contributed by atoms with Crippen LogP contribution in [0.3, 0.4) is 0 Å². The molecule has 0 aliphatic heterocycles. The quantitative estimate of drug-likeness (QED) is 0.705. The molecule has 0 fully saturated rings. The van der Waals surface area contributed by atoms with E-state index in [0.29, 0.717) is 0 Å². The lowest BCUT2D eigenvalue weighted by atomic mass is 10.3. The Hall–Kier alpha value is 0.690. The Bertz CT molecular complexity index is 71.6. The van der Waals surface area contributed by atoms with Crippen molar-refractivity contribution in [3.05, 3.63) is 0 Å². The predicted molar refractivity (Wildman–Crippen MR) is 58.3 cm³/mol. The minimum Gasteiger partial charge on any atom is -0.325 e. The first-order valence-corrected chi connectivity index (χ1v) is 5.36. The van der Waals surface area contributed by atoms with Crippen LogP contribution in [0.5, 0.6) is 0 Å². The van der Waals surface area contributed by atoms with Crippen LogP contribution < -0.4 is 0 Å². The van der Waals surface area contributed by atoms with Gasteiger partial charge in [0.1, 0.15) is 16.3 Å². The number of hydrogen-bond donors (Lipinski definition) is 0. The number of nitrogens with zero attached hydrogens (tertiary/aromatic N) is 1. The first kappa shape index (κ1) is 15.2. The summed E-state index contributed by atoms with van der Waals surface area (Å²) in [6.07, 6.45) is 0. The van der Waals surface area contributed by atoms with Crippen LogP contribution in [0.2, 0.25) is 0 Å². The summed E-state index contributed by atoms with van der Waals surface area (Å²) >= 11 is 6.83. The van der Waals surface area contributed by atoms with Crippen LogP contribution in [0.1, 0.15) is 27.7 Å². The van der Waals surface area contributed by atoms with Crippen LogP contribution in [0, 0.1) is 0 Å². The highest BCUT2D eigenvalue weighted by Crippen LogP contribution is 2.03. The summed E-state index contributed by atoms with van der Waals surface area (Å²) in [4.78, 5) is 0. The van der Waals surface area contributed by atoms with Gasteiger partial charge in [-0.25, -0.2) is 0 Å². The van der Waals surface area contributed by atoms with Gasteiger partial charge in [-0.2, -0.15) is 3.38 Å². The van der Waals surface area contributed by atoms with Crippen molar-refractivity contribution in [1.82, 2.24) is 0 Å². The molecule has 0 aromatic carbocycles. The minimum atomic E-state index is 1.28. The van der Waals surface area contributed by atoms with Crippen molar-refractivity contribution >= 4 is 28.1 Å². The maximum Gasteiger partial charge on any atom is 0.124 e. The lowest BCUT2D eigenvalue weighted by Crippen LogP contribution is -2.47. The minimum absolute atomic E-state index is 1.28. The van der Waals surface area contributed by atoms with Gasteiger partial charge in [0.2, 0.25) is 0 Å². The molecule has 0 saturated carbocycles. The van der Waals surface area contributed by atoms with E-state index in [-0.39, 0.29) is 0 Å². The molecular weight excluding hydrogens is 241 g/mol. The molecule has 0 amide bonds. The van der Waals surface area contributed by atoms with Crippen LogP contribution in [0.25, 0.3) is 0 Å². The molecule has 0 bridgehead atoms. The standard InChI is InChI=1S/C8H20N.BrClO/c1-5-9(6-2,7-3)8-4;1-3-2/h5-8H2,1-4H3;/q+1;. The van der Waals surface area contributed by atoms with Gasteiger partial charge < -0.3 is 4.48 Å². The monoisotopic (exact) mass is 260 g/mol. The second kappa shape index (κ2) is 9.78. The second-order valence-electron chi connectivity index (χ2n) is 2.66. The van der Waals surface area contributed by atoms with E-state index < -0.39 is 0 Å². The molecule has 0 saturated heterocycles. The van der Waals surface area contributed by atoms with Gasteiger partial charge in [0.25, 0.3) is 0 Å². The fourth-order valence-corrected chi connectivity index (χ4v) is 1.34. The third kappa shape index (κ3) is 6.23. The Morgan fingerprint density at radius 2 is 1.17 bits per heavy atom. The van der Waals surface area contributed by atoms with Gasteiger partial charge in [0.05, 0.1) is 38.0 Å². The third-order valence-electron chi connectivity index (χ3n) is 2.68. The zero-order chi connectivity index (χ0) is 10.0. The van der Waals surface area contributed by atoms with Crippen molar-refractivity contribution in [2.75, 3.05) is 26.2 Å². The summed E-state index contributed by atoms with van der Waals surface area (Å²) < 4.78 is 4.81. The number of rotatable bonds is 4. The number of halogens is 2. The van der Waals surface area contributed by atoms with Crippen molar-refractivity contribution in [1.29, 1.82) is 0 Å². The van der Waals surface area contributed by atoms with Crippen molar-refractivity contribution < 1.29 is 7.86 Å². The zero-order valence-corrected chi connectivity index (χ0v) is 10.8. The average molecular weight is 262 g/mol. The van der Waals surface area contributed by atoms with Gasteiger partial charge in [-0.3, -0.25) is 0 Å². The maximum atomic E-state index is 4.42. The summed E-state index contributed by atoms with van der Waals surface area (Å²) in [6.45, 7) is 14.2. The van der Waals surface area contributed by atoms with Gasteiger partial charge in [-0.05, 0) is 27.7 Å². The van der Waals surface area contributed by atoms with Gasteiger partial charge in [0, 0.05) is 0 Å². The SMILES string of the molecule is CC[N+](CC)(CC)CC.ClOBr. The normalized spacial score (nSPS) is 10.5. The van der Waals surface area contributed by atoms with Gasteiger partial charge in [-0.15, -0.1) is 0 Å². The first-order valence-electron chi connectivity index (χ1n) is 4.40. The van der Waals surface area contributed by atoms with E-state index in [2.05, 4.69) is 59.2 Å². The summed E-state index contributed by atoms with van der Waals surface area (Å²) in [5.41, 5.74) is 0. The molecule has 0 aliphatic carbocycles. The predicted octanol–water partition coefficient (Wildman–Crippen LogP) is 3.35. The van der Waals surface area contributed by atoms with E-state index in [1.54, 1.807) is 0 Å². The van der Waals surface area contributed by atoms with Gasteiger partial charge >= 0.3 is 0 Å². The zero-order valence-electron chi connectivity index (χ0n) is 8.44. The Labute approximate surface area is 90.1 Å². The Kier molecular flexibility index (Phi) is 12.4. The molecular formula is C8H20BrClNO+. The fourth-order valence-electron chi connectivity index (χ4n) is 1.34. The molecule has 0 aromatic rings. The topological polar surface area (TPSA) is 9.23 Å². The van der Waals surface area contributed by atoms with Gasteiger partial charge in [-0.1, -0.05) is 0 Å². The Morgan fingerprint density at radius 3 is 1.17 bits per heavy atom. The molecule has 76 valence electrons. The largest absolute Gasteiger partial charge is 0.325 e. The lowest BCUT2D eigenvalue weighted by Gasteiger charge is -2.34. The van der Waals surface area contributed by atoms with Crippen molar-refractivity contribution in [3.63, 3.8) is 0 Å². The van der Waals surface area contributed by atoms with Crippen molar-refractivity contribution in [2.45, 2.75) is 27.7 Å². The van der Waals surface area contributed by atoms with Crippen LogP contribution in [-0.2, 0) is 3.38 Å². The highest BCUT2D eigenvalue weighted by atomic mass is 79.9. The Balaban J connectivity index is 0. The second-order valence-corrected chi connectivity index (χ2v) is 3.52. The fraction of sp³-hybridized carbons (Fsp3) is 1.00. The number of hydrogen-bond acceptors (Lipinski definition) is 1. The van der Waals surface area contributed by atoms with Crippen LogP contribution in [-0.4, -0.2) is 30.7 Å². The third-order valence-corrected chi connectivity index (χ3v) is 2.68. The number of quaternary nitrogens is 1. The van der Waals surface area contributed by atoms with Crippen LogP contribution >= 0.6 is 28.1 Å². The van der Waals surface area contributed by atoms with E-state index in [1.165, 1.54) is 30.7 Å². The summed E-state index contributed by atoms with van der Waals surface area (Å²) in [7, 11) is 0. The molecule has 0 N–H and O–H groups in total. The Morgan fingerprint density at radius 1 is 1.00 bits per heavy atom. The molecule has 0 aliphatic rings. The van der Waals surface area contributed by atoms with E-state index in [1.807, 2.05) is 0 Å². The highest BCUT2D eigenvalue weighted by Gasteiger charge is 2.16. The van der Waals surface area contributed by atoms with Crippen LogP contribution in [0.15, 0.2) is 0 Å². The molecule has 4 heteroatoms. The van der Waals surface area contributed by atoms with Crippen molar-refractivity contribution in [3.8, 4) is 0 Å². The summed E-state index contributed by atoms with van der Waals surface area (Å²) in [5.74, 6) is 0. The summed E-state index contributed by atoms with van der Waals surface area (Å²) in [6, 6.07) is 0. The molecule has 0 aromatic heterocycles. The van der Waals surface area contributed by atoms with E-state index >= 15 is 0 Å². The van der Waals surface area contributed by atoms with Crippen molar-refractivity contribution in [2.24, 2.45) is 0 Å². The van der Waals surface area contributed by atoms with E-state index in [9.17, 15) is 0 Å². The highest BCUT2D eigenvalue weighted by molar-refractivity contribution is 9.06. The molecule has 12 heavy (non-hydrogen) atoms. The molecule has 0 spiro atoms. The molecule has 0 atom stereocenters. The molecule has 2 nitrogen and oxygen atoms in total. The maximum absolute atomic E-state index is 4.42. The van der Waals surface area contributed by atoms with Crippen LogP contribution in [0.4, 0.5) is 0 Å². The molecule has 0 rings (SSSR count). The molecule has 0 unspecified atom stereocenters. The average Bonchev–Trinajstić information content (AvgIpc) is 2.11. The van der Waals surface area contributed by atoms with Gasteiger partial charge in [0.15, 0.2) is 0 Å².